The van der Waals surface area contributed by atoms with E-state index in [1.807, 2.05) is 105 Å². The highest BCUT2D eigenvalue weighted by Gasteiger charge is 2.19. The quantitative estimate of drug-likeness (QED) is 0.0245. The Bertz CT molecular complexity index is 3620. The summed E-state index contributed by atoms with van der Waals surface area (Å²) in [5.41, 5.74) is 16.9. The molecular weight excluding hydrogens is 1070 g/mol. The molecular formula is C64H62N8O10S. The van der Waals surface area contributed by atoms with Crippen molar-refractivity contribution in [3.63, 3.8) is 0 Å². The highest BCUT2D eigenvalue weighted by Crippen LogP contribution is 2.29. The minimum absolute atomic E-state index is 0.0402. The third-order valence-corrected chi connectivity index (χ3v) is 12.9. The van der Waals surface area contributed by atoms with Crippen molar-refractivity contribution in [2.75, 3.05) is 30.2 Å². The number of ether oxygens (including phenoxy) is 2. The predicted molar refractivity (Wildman–Crippen MR) is 325 cm³/mol. The summed E-state index contributed by atoms with van der Waals surface area (Å²) < 4.78 is 10.5. The lowest BCUT2D eigenvalue weighted by Crippen LogP contribution is -2.36. The van der Waals surface area contributed by atoms with E-state index in [-0.39, 0.29) is 71.9 Å². The van der Waals surface area contributed by atoms with Crippen molar-refractivity contribution in [1.29, 1.82) is 5.26 Å². The molecule has 18 nitrogen and oxygen atoms in total. The predicted octanol–water partition coefficient (Wildman–Crippen LogP) is 9.85. The van der Waals surface area contributed by atoms with Gasteiger partial charge in [0.15, 0.2) is 5.11 Å². The van der Waals surface area contributed by atoms with Crippen LogP contribution < -0.4 is 41.8 Å². The Morgan fingerprint density at radius 1 is 0.518 bits per heavy atom. The van der Waals surface area contributed by atoms with E-state index in [4.69, 9.17) is 32.7 Å². The maximum atomic E-state index is 12.9. The minimum Gasteiger partial charge on any atom is -0.496 e. The summed E-state index contributed by atoms with van der Waals surface area (Å²) in [4.78, 5) is 55.7. The molecule has 0 aliphatic heterocycles. The summed E-state index contributed by atoms with van der Waals surface area (Å²) in [7, 11) is 2.82. The Morgan fingerprint density at radius 3 is 1.35 bits per heavy atom. The molecule has 0 radical (unpaired) electrons. The van der Waals surface area contributed by atoms with Crippen LogP contribution in [0, 0.1) is 25.2 Å². The average molecular weight is 1140 g/mol. The molecule has 0 atom stereocenters. The molecule has 0 saturated carbocycles. The lowest BCUT2D eigenvalue weighted by Gasteiger charge is -2.15. The van der Waals surface area contributed by atoms with Crippen LogP contribution in [0.25, 0.3) is 22.3 Å². The zero-order chi connectivity index (χ0) is 60.0. The number of amides is 4. The highest BCUT2D eigenvalue weighted by molar-refractivity contribution is 7.80. The second-order valence-electron chi connectivity index (χ2n) is 18.2. The van der Waals surface area contributed by atoms with Crippen molar-refractivity contribution in [2.24, 2.45) is 10.7 Å². The molecule has 19 heteroatoms. The van der Waals surface area contributed by atoms with Gasteiger partial charge in [0.1, 0.15) is 11.5 Å². The van der Waals surface area contributed by atoms with E-state index in [1.54, 1.807) is 60.7 Å². The number of aliphatic hydroxyl groups excluding tert-OH is 4. The van der Waals surface area contributed by atoms with Crippen molar-refractivity contribution in [2.45, 2.75) is 47.2 Å². The third-order valence-electron chi connectivity index (χ3n) is 12.7. The molecule has 0 fully saturated rings. The van der Waals surface area contributed by atoms with Gasteiger partial charge in [0.25, 0.3) is 23.6 Å². The molecule has 424 valence electrons. The number of aliphatic hydroxyl groups is 4. The molecule has 83 heavy (non-hydrogen) atoms. The number of aliphatic imine (C=N–C) groups is 1. The van der Waals surface area contributed by atoms with Gasteiger partial charge >= 0.3 is 0 Å². The number of carbonyl (C=O) groups is 4. The zero-order valence-corrected chi connectivity index (χ0v) is 46.9. The van der Waals surface area contributed by atoms with E-state index in [1.165, 1.54) is 45.4 Å². The summed E-state index contributed by atoms with van der Waals surface area (Å²) >= 11 is 5.33. The van der Waals surface area contributed by atoms with Crippen LogP contribution in [0.4, 0.5) is 22.7 Å². The van der Waals surface area contributed by atoms with Crippen LogP contribution in [0.1, 0.15) is 81.7 Å². The number of thiocarbonyl (C=S) groups is 1. The van der Waals surface area contributed by atoms with E-state index < -0.39 is 11.8 Å². The molecule has 11 N–H and O–H groups in total. The average Bonchev–Trinajstić information content (AvgIpc) is 3.63. The molecule has 8 aromatic carbocycles. The second kappa shape index (κ2) is 30.5. The van der Waals surface area contributed by atoms with Crippen LogP contribution in [0.2, 0.25) is 0 Å². The Morgan fingerprint density at radius 2 is 0.928 bits per heavy atom. The summed E-state index contributed by atoms with van der Waals surface area (Å²) in [5, 5.41) is 59.6. The highest BCUT2D eigenvalue weighted by atomic mass is 32.1. The minimum atomic E-state index is -0.571. The second-order valence-corrected chi connectivity index (χ2v) is 18.6. The van der Waals surface area contributed by atoms with Gasteiger partial charge in [0.05, 0.1) is 52.4 Å². The number of carbonyl (C=O) groups excluding carboxylic acids is 4. The molecule has 0 bridgehead atoms. The van der Waals surface area contributed by atoms with E-state index in [9.17, 15) is 39.6 Å². The molecule has 0 aliphatic carbocycles. The van der Waals surface area contributed by atoms with Gasteiger partial charge < -0.3 is 51.6 Å². The van der Waals surface area contributed by atoms with Gasteiger partial charge in [-0.2, -0.15) is 5.26 Å². The van der Waals surface area contributed by atoms with E-state index in [2.05, 4.69) is 31.6 Å². The van der Waals surface area contributed by atoms with Crippen LogP contribution in [-0.4, -0.2) is 69.3 Å². The fraction of sp³-hybridized carbons (Fsp3) is 0.141. The van der Waals surface area contributed by atoms with Crippen LogP contribution in [0.15, 0.2) is 175 Å². The van der Waals surface area contributed by atoms with Crippen LogP contribution in [0.3, 0.4) is 0 Å². The fourth-order valence-corrected chi connectivity index (χ4v) is 8.50. The van der Waals surface area contributed by atoms with Gasteiger partial charge in [-0.1, -0.05) is 97.1 Å². The lowest BCUT2D eigenvalue weighted by molar-refractivity contribution is 0.0968. The van der Waals surface area contributed by atoms with Crippen molar-refractivity contribution in [3.8, 4) is 39.8 Å². The van der Waals surface area contributed by atoms with Gasteiger partial charge in [0.2, 0.25) is 5.96 Å². The fourth-order valence-electron chi connectivity index (χ4n) is 8.29. The summed E-state index contributed by atoms with van der Waals surface area (Å²) in [6, 6.07) is 52.6. The van der Waals surface area contributed by atoms with E-state index in [0.717, 1.165) is 33.4 Å². The SMILES string of the molecule is CC#N.COc1cc(C(=O)NC(=S)Nc2ccc(C)c(NC(=O)c3ccc(-c4ccccc4)cc3)c2)cc(CO)c1CO.COc1cc(C(=O)NC(N)=Nc2ccc(C)c(NC(=O)c3ccc(-c4ccccc4)cc3)c2)cc(CO)c1CO. The number of benzene rings is 8. The number of nitrogens with zero attached hydrogens (tertiary/aromatic N) is 2. The number of nitriles is 1. The van der Waals surface area contributed by atoms with Gasteiger partial charge in [-0.15, -0.1) is 0 Å². The normalized spacial score (nSPS) is 10.5. The molecule has 0 unspecified atom stereocenters. The first-order valence-corrected chi connectivity index (χ1v) is 26.0. The molecule has 0 saturated heterocycles. The number of hydrogen-bond donors (Lipinski definition) is 10. The summed E-state index contributed by atoms with van der Waals surface area (Å²) in [6.45, 7) is 3.72. The molecule has 0 aliphatic rings. The van der Waals surface area contributed by atoms with Crippen molar-refractivity contribution in [1.82, 2.24) is 10.6 Å². The molecule has 8 rings (SSSR count). The molecule has 0 heterocycles. The Balaban J connectivity index is 0.000000255. The van der Waals surface area contributed by atoms with Gasteiger partial charge in [0, 0.05) is 57.4 Å². The number of methoxy groups -OCH3 is 2. The third kappa shape index (κ3) is 17.0. The van der Waals surface area contributed by atoms with Crippen LogP contribution >= 0.6 is 12.2 Å². The number of rotatable bonds is 16. The Hall–Kier alpha value is -10.1. The molecule has 8 aromatic rings. The standard InChI is InChI=1S/C31H30N4O5.C31H29N3O5S.C2H3N/c1-19-8-13-25(33-31(32)35-30(39)23-14-24(17-36)26(18-37)28(15-23)40-2)16-27(19)34-29(38)22-11-9-21(10-12-22)20-6-4-3-5-7-20;1-19-8-13-25(32-31(40)34-30(38)23-14-24(17-35)26(18-36)28(15-23)39-2)16-27(19)33-29(37)22-11-9-21(10-12-22)20-6-4-3-5-7-20;1-2-3/h3-16,36-37H,17-18H2,1-2H3,(H,34,38)(H3,32,33,35,39);3-16,35-36H,17-18H2,1-2H3,(H,33,37)(H2,32,34,38,40);1H3. The maximum absolute atomic E-state index is 12.9. The summed E-state index contributed by atoms with van der Waals surface area (Å²) in [6.07, 6.45) is 0. The van der Waals surface area contributed by atoms with Gasteiger partial charge in [-0.05, 0) is 143 Å². The number of nitrogens with two attached hydrogens (primary N) is 1. The van der Waals surface area contributed by atoms with Gasteiger partial charge in [-0.25, -0.2) is 4.99 Å². The Kier molecular flexibility index (Phi) is 22.8. The first-order chi connectivity index (χ1) is 40.1. The maximum Gasteiger partial charge on any atom is 0.258 e. The zero-order valence-electron chi connectivity index (χ0n) is 46.1. The molecule has 0 spiro atoms. The first-order valence-electron chi connectivity index (χ1n) is 25.6. The monoisotopic (exact) mass is 1130 g/mol. The Labute approximate surface area is 485 Å². The van der Waals surface area contributed by atoms with Gasteiger partial charge in [-0.3, -0.25) is 29.8 Å². The lowest BCUT2D eigenvalue weighted by atomic mass is 10.0. The molecule has 0 aromatic heterocycles. The smallest absolute Gasteiger partial charge is 0.258 e. The largest absolute Gasteiger partial charge is 0.496 e. The number of aryl methyl sites for hydroxylation is 2. The number of anilines is 3. The first kappa shape index (κ1) is 62.1. The summed E-state index contributed by atoms with van der Waals surface area (Å²) in [5.74, 6) is -1.23. The van der Waals surface area contributed by atoms with Crippen molar-refractivity contribution < 1.29 is 49.1 Å². The molecule has 4 amide bonds. The van der Waals surface area contributed by atoms with Crippen LogP contribution in [0.5, 0.6) is 11.5 Å². The van der Waals surface area contributed by atoms with Crippen molar-refractivity contribution >= 4 is 69.7 Å². The van der Waals surface area contributed by atoms with E-state index >= 15 is 0 Å². The number of nitrogens with one attached hydrogen (secondary N) is 5. The number of hydrogen-bond acceptors (Lipinski definition) is 13. The number of guanidine groups is 1. The topological polar surface area (TPSA) is 290 Å². The van der Waals surface area contributed by atoms with E-state index in [0.29, 0.717) is 56.1 Å². The van der Waals surface area contributed by atoms with Crippen LogP contribution in [-0.2, 0) is 26.4 Å². The van der Waals surface area contributed by atoms with Crippen molar-refractivity contribution in [3.05, 3.63) is 225 Å².